The van der Waals surface area contributed by atoms with Crippen molar-refractivity contribution in [2.75, 3.05) is 12.3 Å². The van der Waals surface area contributed by atoms with Crippen LogP contribution in [0.3, 0.4) is 0 Å². The molecule has 2 aromatic heterocycles. The highest BCUT2D eigenvalue weighted by molar-refractivity contribution is 7.48. The smallest absolute Gasteiger partial charge is 0.387 e. The predicted molar refractivity (Wildman–Crippen MR) is 86.2 cm³/mol. The van der Waals surface area contributed by atoms with Crippen molar-refractivity contribution in [3.05, 3.63) is 16.7 Å². The van der Waals surface area contributed by atoms with Crippen molar-refractivity contribution in [1.82, 2.24) is 19.5 Å². The Morgan fingerprint density at radius 2 is 1.90 bits per heavy atom. The molecule has 13 nitrogen and oxygen atoms in total. The highest BCUT2D eigenvalue weighted by Gasteiger charge is 2.46. The van der Waals surface area contributed by atoms with E-state index in [1.165, 1.54) is 0 Å². The van der Waals surface area contributed by atoms with Gasteiger partial charge in [0.25, 0.3) is 5.56 Å². The van der Waals surface area contributed by atoms with E-state index in [-0.39, 0.29) is 17.1 Å². The third-order valence-corrected chi connectivity index (χ3v) is 5.18. The number of nitrogens with two attached hydrogens (primary N) is 1. The number of aliphatic hydroxyl groups excluding tert-OH is 2. The average Bonchev–Trinajstić information content (AvgIpc) is 3.14. The second-order valence-electron chi connectivity index (χ2n) is 5.80. The molecule has 0 spiro atoms. The van der Waals surface area contributed by atoms with Gasteiger partial charge in [-0.3, -0.25) is 18.9 Å². The van der Waals surface area contributed by atoms with E-state index in [2.05, 4.69) is 28.5 Å². The predicted octanol–water partition coefficient (Wildman–Crippen LogP) is -0.0759. The Morgan fingerprint density at radius 3 is 2.50 bits per heavy atom. The Bertz CT molecular complexity index is 991. The molecule has 0 saturated carbocycles. The molecule has 0 bridgehead atoms. The van der Waals surface area contributed by atoms with Crippen LogP contribution in [0.1, 0.15) is 6.23 Å². The first-order valence-corrected chi connectivity index (χ1v) is 9.38. The van der Waals surface area contributed by atoms with Gasteiger partial charge >= 0.3 is 21.0 Å². The van der Waals surface area contributed by atoms with Crippen LogP contribution in [-0.4, -0.2) is 67.9 Å². The summed E-state index contributed by atoms with van der Waals surface area (Å²) in [6.45, 7) is -8.59. The average molecular weight is 463 g/mol. The fourth-order valence-electron chi connectivity index (χ4n) is 2.67. The lowest BCUT2D eigenvalue weighted by Gasteiger charge is -2.20. The molecular formula is C12H14F4N5O8P. The Morgan fingerprint density at radius 1 is 1.27 bits per heavy atom. The van der Waals surface area contributed by atoms with Crippen LogP contribution < -0.4 is 11.3 Å². The number of phosphoric ester groups is 1. The van der Waals surface area contributed by atoms with Gasteiger partial charge in [0.1, 0.15) is 18.3 Å². The fraction of sp³-hybridized carbons (Fsp3) is 0.583. The summed E-state index contributed by atoms with van der Waals surface area (Å²) in [7, 11) is -5.43. The number of aromatic amines is 1. The maximum atomic E-state index is 12.3. The number of alkyl halides is 4. The van der Waals surface area contributed by atoms with Gasteiger partial charge < -0.3 is 20.7 Å². The Kier molecular flexibility index (Phi) is 6.42. The summed E-state index contributed by atoms with van der Waals surface area (Å²) in [5, 5.41) is 20.3. The minimum atomic E-state index is -5.43. The van der Waals surface area contributed by atoms with Crippen molar-refractivity contribution >= 4 is 24.9 Å². The van der Waals surface area contributed by atoms with Crippen molar-refractivity contribution in [3.8, 4) is 0 Å². The van der Waals surface area contributed by atoms with E-state index in [0.717, 1.165) is 10.9 Å². The summed E-state index contributed by atoms with van der Waals surface area (Å²) in [6.07, 6.45) is -5.42. The summed E-state index contributed by atoms with van der Waals surface area (Å²) in [5.74, 6) is -0.281. The van der Waals surface area contributed by atoms with Gasteiger partial charge in [0, 0.05) is 0 Å². The van der Waals surface area contributed by atoms with E-state index in [0.29, 0.717) is 0 Å². The molecule has 1 fully saturated rings. The van der Waals surface area contributed by atoms with Gasteiger partial charge in [0.05, 0.1) is 12.9 Å². The summed E-state index contributed by atoms with van der Waals surface area (Å²) in [6, 6.07) is 0. The molecule has 0 amide bonds. The first-order valence-electron chi connectivity index (χ1n) is 7.92. The topological polar surface area (TPSA) is 184 Å². The van der Waals surface area contributed by atoms with Crippen LogP contribution in [0.25, 0.3) is 11.2 Å². The fourth-order valence-corrected chi connectivity index (χ4v) is 3.56. The lowest BCUT2D eigenvalue weighted by atomic mass is 10.1. The zero-order valence-corrected chi connectivity index (χ0v) is 15.4. The number of ether oxygens (including phenoxy) is 1. The zero-order chi connectivity index (χ0) is 22.2. The van der Waals surface area contributed by atoms with Gasteiger partial charge in [-0.1, -0.05) is 0 Å². The van der Waals surface area contributed by atoms with Crippen LogP contribution in [0, 0.1) is 0 Å². The molecule has 168 valence electrons. The van der Waals surface area contributed by atoms with Gasteiger partial charge in [-0.15, -0.1) is 0 Å². The molecule has 1 aliphatic heterocycles. The molecule has 0 aromatic carbocycles. The summed E-state index contributed by atoms with van der Waals surface area (Å²) in [5.41, 5.74) is 4.46. The number of H-pyrrole nitrogens is 1. The summed E-state index contributed by atoms with van der Waals surface area (Å²) in [4.78, 5) is 21.6. The SMILES string of the molecule is Nc1nc2c(ncn2[C@@H]2O[C@H](COP(=O)(OC(F)F)OC(F)F)[C@@H](O)[C@H]2O)c(=O)[nH]1. The molecule has 4 atom stereocenters. The van der Waals surface area contributed by atoms with E-state index in [4.69, 9.17) is 10.5 Å². The second kappa shape index (κ2) is 8.54. The first-order chi connectivity index (χ1) is 14.0. The highest BCUT2D eigenvalue weighted by Crippen LogP contribution is 2.53. The van der Waals surface area contributed by atoms with Crippen molar-refractivity contribution in [2.24, 2.45) is 0 Å². The molecular weight excluding hydrogens is 449 g/mol. The lowest BCUT2D eigenvalue weighted by Crippen LogP contribution is -2.33. The molecule has 18 heteroatoms. The molecule has 0 unspecified atom stereocenters. The van der Waals surface area contributed by atoms with E-state index in [1.807, 2.05) is 0 Å². The van der Waals surface area contributed by atoms with Crippen LogP contribution in [0.15, 0.2) is 11.1 Å². The maximum Gasteiger partial charge on any atom is 0.484 e. The quantitative estimate of drug-likeness (QED) is 0.303. The van der Waals surface area contributed by atoms with E-state index in [9.17, 15) is 37.1 Å². The molecule has 0 radical (unpaired) electrons. The van der Waals surface area contributed by atoms with Crippen molar-refractivity contribution in [1.29, 1.82) is 0 Å². The number of aliphatic hydroxyl groups is 2. The van der Waals surface area contributed by atoms with Crippen LogP contribution in [0.5, 0.6) is 0 Å². The van der Waals surface area contributed by atoms with Crippen LogP contribution in [0.2, 0.25) is 0 Å². The van der Waals surface area contributed by atoms with Crippen LogP contribution >= 0.6 is 7.82 Å². The number of fused-ring (bicyclic) bond motifs is 1. The minimum Gasteiger partial charge on any atom is -0.387 e. The number of halogens is 4. The summed E-state index contributed by atoms with van der Waals surface area (Å²) >= 11 is 0. The Balaban J connectivity index is 1.79. The maximum absolute atomic E-state index is 12.3. The third-order valence-electron chi connectivity index (χ3n) is 3.88. The van der Waals surface area contributed by atoms with Crippen LogP contribution in [-0.2, 0) is 22.9 Å². The number of hydrogen-bond acceptors (Lipinski definition) is 11. The van der Waals surface area contributed by atoms with Gasteiger partial charge in [-0.2, -0.15) is 22.5 Å². The highest BCUT2D eigenvalue weighted by atomic mass is 31.2. The third kappa shape index (κ3) is 4.61. The number of imidazole rings is 1. The molecule has 30 heavy (non-hydrogen) atoms. The number of phosphoric acid groups is 1. The van der Waals surface area contributed by atoms with Crippen molar-refractivity contribution in [2.45, 2.75) is 37.8 Å². The van der Waals surface area contributed by atoms with Gasteiger partial charge in [0.15, 0.2) is 17.4 Å². The van der Waals surface area contributed by atoms with Crippen molar-refractivity contribution < 1.29 is 50.6 Å². The number of hydrogen-bond donors (Lipinski definition) is 4. The molecule has 3 heterocycles. The van der Waals surface area contributed by atoms with Crippen LogP contribution in [0.4, 0.5) is 23.5 Å². The summed E-state index contributed by atoms with van der Waals surface area (Å²) < 4.78 is 78.8. The second-order valence-corrected chi connectivity index (χ2v) is 7.37. The lowest BCUT2D eigenvalue weighted by molar-refractivity contribution is -0.124. The van der Waals surface area contributed by atoms with Gasteiger partial charge in [-0.05, 0) is 0 Å². The number of anilines is 1. The molecule has 5 N–H and O–H groups in total. The number of nitrogen functional groups attached to an aromatic ring is 1. The largest absolute Gasteiger partial charge is 0.484 e. The monoisotopic (exact) mass is 463 g/mol. The van der Waals surface area contributed by atoms with Gasteiger partial charge in [-0.25, -0.2) is 18.6 Å². The molecule has 0 aliphatic carbocycles. The Labute approximate surface area is 162 Å². The number of aromatic nitrogens is 4. The minimum absolute atomic E-state index is 0.123. The first kappa shape index (κ1) is 22.5. The molecule has 1 aliphatic rings. The van der Waals surface area contributed by atoms with Crippen molar-refractivity contribution in [3.63, 3.8) is 0 Å². The zero-order valence-electron chi connectivity index (χ0n) is 14.5. The standard InChI is InChI=1S/C12H14F4N5O8P/c13-10(14)28-30(25,29-11(15)16)26-1-3-5(22)6(23)9(27-3)21-2-18-4-7(21)19-12(17)20-8(4)24/h2-3,5-6,9-11,22-23H,1H2,(H3,17,19,20,24)/t3-,5-,6-,9-/m1/s1. The van der Waals surface area contributed by atoms with E-state index < -0.39 is 57.8 Å². The number of rotatable bonds is 8. The molecule has 2 aromatic rings. The number of nitrogens with zero attached hydrogens (tertiary/aromatic N) is 3. The molecule has 1 saturated heterocycles. The Hall–Kier alpha value is -2.14. The number of nitrogens with one attached hydrogen (secondary N) is 1. The van der Waals surface area contributed by atoms with E-state index in [1.54, 1.807) is 0 Å². The normalized spacial score (nSPS) is 25.1. The molecule has 3 rings (SSSR count). The van der Waals surface area contributed by atoms with Gasteiger partial charge in [0.2, 0.25) is 5.95 Å². The van der Waals surface area contributed by atoms with E-state index >= 15 is 0 Å².